The average molecular weight is 303 g/mol. The van der Waals surface area contributed by atoms with Crippen LogP contribution in [0.5, 0.6) is 0 Å². The second-order valence-corrected chi connectivity index (χ2v) is 6.02. The molecule has 0 radical (unpaired) electrons. The second-order valence-electron chi connectivity index (χ2n) is 6.02. The molecule has 3 aromatic heterocycles. The number of benzene rings is 1. The molecule has 0 unspecified atom stereocenters. The van der Waals surface area contributed by atoms with Crippen molar-refractivity contribution in [2.24, 2.45) is 7.05 Å². The quantitative estimate of drug-likeness (QED) is 0.515. The average Bonchev–Trinajstić information content (AvgIpc) is 2.91. The van der Waals surface area contributed by atoms with Gasteiger partial charge in [-0.15, -0.1) is 0 Å². The molecule has 3 nitrogen and oxygen atoms in total. The molecule has 4 rings (SSSR count). The predicted molar refractivity (Wildman–Crippen MR) is 92.2 cm³/mol. The number of fused-ring (bicyclic) bond motifs is 3. The van der Waals surface area contributed by atoms with Gasteiger partial charge in [-0.25, -0.2) is 4.57 Å². The maximum absolute atomic E-state index is 5.92. The van der Waals surface area contributed by atoms with Gasteiger partial charge < -0.3 is 4.42 Å². The molecule has 114 valence electrons. The van der Waals surface area contributed by atoms with Crippen LogP contribution in [0.4, 0.5) is 0 Å². The van der Waals surface area contributed by atoms with E-state index in [1.165, 1.54) is 22.4 Å². The topological polar surface area (TPSA) is 29.9 Å². The van der Waals surface area contributed by atoms with E-state index in [9.17, 15) is 0 Å². The molecule has 0 saturated heterocycles. The normalized spacial score (nSPS) is 11.4. The third-order valence-corrected chi connectivity index (χ3v) is 4.50. The summed E-state index contributed by atoms with van der Waals surface area (Å²) in [6.07, 6.45) is 6.84. The molecule has 3 heteroatoms. The summed E-state index contributed by atoms with van der Waals surface area (Å²) in [5, 5.41) is 2.26. The van der Waals surface area contributed by atoms with Crippen molar-refractivity contribution in [3.8, 4) is 11.3 Å². The Bertz CT molecular complexity index is 1030. The number of nitrogens with zero attached hydrogens (tertiary/aromatic N) is 2. The molecule has 3 heterocycles. The fraction of sp³-hybridized carbons (Fsp3) is 0.200. The summed E-state index contributed by atoms with van der Waals surface area (Å²) in [5.74, 6) is 0. The Morgan fingerprint density at radius 2 is 1.96 bits per heavy atom. The van der Waals surface area contributed by atoms with Gasteiger partial charge in [0.05, 0.1) is 6.20 Å². The zero-order chi connectivity index (χ0) is 16.0. The highest BCUT2D eigenvalue weighted by Gasteiger charge is 2.16. The van der Waals surface area contributed by atoms with E-state index in [4.69, 9.17) is 4.42 Å². The molecule has 0 atom stereocenters. The van der Waals surface area contributed by atoms with Gasteiger partial charge in [-0.2, -0.15) is 0 Å². The van der Waals surface area contributed by atoms with Gasteiger partial charge in [0.25, 0.3) is 0 Å². The molecule has 0 fully saturated rings. The van der Waals surface area contributed by atoms with Crippen molar-refractivity contribution in [2.75, 3.05) is 0 Å². The van der Waals surface area contributed by atoms with Crippen molar-refractivity contribution in [1.29, 1.82) is 0 Å². The summed E-state index contributed by atoms with van der Waals surface area (Å²) in [6.45, 7) is 4.31. The highest BCUT2D eigenvalue weighted by atomic mass is 16.3. The number of aryl methyl sites for hydroxylation is 3. The van der Waals surface area contributed by atoms with Crippen LogP contribution >= 0.6 is 0 Å². The van der Waals surface area contributed by atoms with Crippen molar-refractivity contribution < 1.29 is 8.98 Å². The van der Waals surface area contributed by atoms with Crippen LogP contribution in [0.3, 0.4) is 0 Å². The minimum atomic E-state index is 0.838. The lowest BCUT2D eigenvalue weighted by molar-refractivity contribution is -0.660. The van der Waals surface area contributed by atoms with Crippen molar-refractivity contribution in [3.63, 3.8) is 0 Å². The van der Waals surface area contributed by atoms with E-state index in [-0.39, 0.29) is 0 Å². The molecule has 0 aliphatic heterocycles. The van der Waals surface area contributed by atoms with Gasteiger partial charge in [0.1, 0.15) is 12.6 Å². The standard InChI is InChI=1S/C20H19N2O/c1-4-14-5-6-18(22(3)12-14)16-10-17-15-7-8-21-11-20(15)23-19(17)9-13(16)2/h5-12H,4H2,1-3H3/q+1. The van der Waals surface area contributed by atoms with Crippen molar-refractivity contribution in [1.82, 2.24) is 4.98 Å². The Morgan fingerprint density at radius 3 is 2.74 bits per heavy atom. The SMILES string of the molecule is CCc1ccc(-c2cc3c(cc2C)oc2cnccc23)[n+](C)c1. The number of furan rings is 1. The first-order valence-electron chi connectivity index (χ1n) is 7.93. The maximum Gasteiger partial charge on any atom is 0.212 e. The van der Waals surface area contributed by atoms with E-state index in [1.54, 1.807) is 6.20 Å². The smallest absolute Gasteiger partial charge is 0.212 e. The van der Waals surface area contributed by atoms with Crippen LogP contribution in [0.1, 0.15) is 18.1 Å². The monoisotopic (exact) mass is 303 g/mol. The molecule has 0 aliphatic rings. The lowest BCUT2D eigenvalue weighted by atomic mass is 10.0. The number of aromatic nitrogens is 2. The van der Waals surface area contributed by atoms with Gasteiger partial charge in [0.2, 0.25) is 5.69 Å². The molecule has 0 spiro atoms. The van der Waals surface area contributed by atoms with Crippen LogP contribution in [0, 0.1) is 6.92 Å². The third kappa shape index (κ3) is 2.20. The molecule has 1 aromatic carbocycles. The van der Waals surface area contributed by atoms with Crippen LogP contribution in [0.15, 0.2) is 53.3 Å². The highest BCUT2D eigenvalue weighted by molar-refractivity contribution is 6.06. The Hall–Kier alpha value is -2.68. The van der Waals surface area contributed by atoms with E-state index in [0.29, 0.717) is 0 Å². The third-order valence-electron chi connectivity index (χ3n) is 4.50. The van der Waals surface area contributed by atoms with E-state index >= 15 is 0 Å². The molecule has 0 aliphatic carbocycles. The van der Waals surface area contributed by atoms with E-state index in [0.717, 1.165) is 28.4 Å². The van der Waals surface area contributed by atoms with E-state index < -0.39 is 0 Å². The Morgan fingerprint density at radius 1 is 1.09 bits per heavy atom. The lowest BCUT2D eigenvalue weighted by Crippen LogP contribution is -2.31. The molecular formula is C20H19N2O+. The van der Waals surface area contributed by atoms with E-state index in [2.05, 4.69) is 60.9 Å². The number of rotatable bonds is 2. The fourth-order valence-corrected chi connectivity index (χ4v) is 3.21. The van der Waals surface area contributed by atoms with E-state index in [1.807, 2.05) is 12.3 Å². The fourth-order valence-electron chi connectivity index (χ4n) is 3.21. The van der Waals surface area contributed by atoms with Gasteiger partial charge in [-0.05, 0) is 43.2 Å². The molecule has 23 heavy (non-hydrogen) atoms. The summed E-state index contributed by atoms with van der Waals surface area (Å²) < 4.78 is 8.13. The first kappa shape index (κ1) is 13.9. The molecule has 0 amide bonds. The van der Waals surface area contributed by atoms with Crippen LogP contribution in [0.2, 0.25) is 0 Å². The summed E-state index contributed by atoms with van der Waals surface area (Å²) in [6, 6.07) is 10.8. The zero-order valence-corrected chi connectivity index (χ0v) is 13.6. The van der Waals surface area contributed by atoms with Gasteiger partial charge in [-0.3, -0.25) is 4.98 Å². The van der Waals surface area contributed by atoms with Crippen LogP contribution in [0.25, 0.3) is 33.2 Å². The number of pyridine rings is 2. The van der Waals surface area contributed by atoms with Gasteiger partial charge in [0.15, 0.2) is 11.8 Å². The maximum atomic E-state index is 5.92. The van der Waals surface area contributed by atoms with Gasteiger partial charge in [-0.1, -0.05) is 6.92 Å². The Balaban J connectivity index is 1.99. The summed E-state index contributed by atoms with van der Waals surface area (Å²) in [7, 11) is 2.11. The zero-order valence-electron chi connectivity index (χ0n) is 13.6. The summed E-state index contributed by atoms with van der Waals surface area (Å²) >= 11 is 0. The summed E-state index contributed by atoms with van der Waals surface area (Å²) in [5.41, 5.74) is 6.76. The number of hydrogen-bond acceptors (Lipinski definition) is 2. The largest absolute Gasteiger partial charge is 0.454 e. The lowest BCUT2D eigenvalue weighted by Gasteiger charge is -2.06. The highest BCUT2D eigenvalue weighted by Crippen LogP contribution is 2.33. The first-order chi connectivity index (χ1) is 11.2. The van der Waals surface area contributed by atoms with Gasteiger partial charge >= 0.3 is 0 Å². The van der Waals surface area contributed by atoms with Crippen LogP contribution < -0.4 is 4.57 Å². The second kappa shape index (κ2) is 5.20. The molecule has 0 saturated carbocycles. The van der Waals surface area contributed by atoms with Crippen molar-refractivity contribution >= 4 is 21.9 Å². The van der Waals surface area contributed by atoms with Crippen LogP contribution in [-0.4, -0.2) is 4.98 Å². The minimum absolute atomic E-state index is 0.838. The van der Waals surface area contributed by atoms with Crippen LogP contribution in [-0.2, 0) is 13.5 Å². The predicted octanol–water partition coefficient (Wildman–Crippen LogP) is 4.34. The molecule has 4 aromatic rings. The Kier molecular flexibility index (Phi) is 3.15. The van der Waals surface area contributed by atoms with Crippen molar-refractivity contribution in [3.05, 3.63) is 60.0 Å². The van der Waals surface area contributed by atoms with Crippen molar-refractivity contribution in [2.45, 2.75) is 20.3 Å². The Labute approximate surface area is 135 Å². The first-order valence-corrected chi connectivity index (χ1v) is 7.93. The number of hydrogen-bond donors (Lipinski definition) is 0. The summed E-state index contributed by atoms with van der Waals surface area (Å²) in [4.78, 5) is 4.15. The minimum Gasteiger partial charge on any atom is -0.454 e. The molecular weight excluding hydrogens is 284 g/mol. The molecule has 0 N–H and O–H groups in total. The molecule has 0 bridgehead atoms. The van der Waals surface area contributed by atoms with Gasteiger partial charge in [0, 0.05) is 34.2 Å².